The highest BCUT2D eigenvalue weighted by Gasteiger charge is 2.31. The van der Waals surface area contributed by atoms with Gasteiger partial charge in [0.15, 0.2) is 11.6 Å². The summed E-state index contributed by atoms with van der Waals surface area (Å²) in [4.78, 5) is 25.7. The molecule has 0 spiro atoms. The minimum atomic E-state index is -0.186. The van der Waals surface area contributed by atoms with Crippen LogP contribution in [0, 0.1) is 0 Å². The van der Waals surface area contributed by atoms with E-state index < -0.39 is 0 Å². The number of Topliss-reactive ketones (excluding diaryl/α,β-unsaturated/α-hetero) is 2. The molecule has 3 heteroatoms. The molecular weight excluding hydrogens is 214 g/mol. The van der Waals surface area contributed by atoms with Crippen LogP contribution in [-0.4, -0.2) is 30.6 Å². The molecule has 3 nitrogen and oxygen atoms in total. The lowest BCUT2D eigenvalue weighted by Gasteiger charge is -2.01. The van der Waals surface area contributed by atoms with E-state index in [4.69, 9.17) is 0 Å². The Morgan fingerprint density at radius 3 is 2.00 bits per heavy atom. The van der Waals surface area contributed by atoms with Gasteiger partial charge >= 0.3 is 0 Å². The van der Waals surface area contributed by atoms with Crippen molar-refractivity contribution >= 4 is 11.6 Å². The molecule has 1 aromatic rings. The number of nitrogens with zero attached hydrogens (tertiary/aromatic N) is 1. The molecule has 0 N–H and O–H groups in total. The molecule has 0 heterocycles. The van der Waals surface area contributed by atoms with E-state index in [1.165, 1.54) is 0 Å². The number of hydrogen-bond donors (Lipinski definition) is 0. The fraction of sp³-hybridized carbons (Fsp3) is 0.143. The summed E-state index contributed by atoms with van der Waals surface area (Å²) in [6.07, 6.45) is 5.07. The zero-order chi connectivity index (χ0) is 12.4. The molecule has 0 unspecified atom stereocenters. The third-order valence-corrected chi connectivity index (χ3v) is 2.55. The lowest BCUT2D eigenvalue weighted by atomic mass is 10.1. The van der Waals surface area contributed by atoms with Gasteiger partial charge in [0.05, 0.1) is 5.57 Å². The standard InChI is InChI=1S/C14H13NO2/c1-15(2)9-5-8-12-13(16)10-6-3-4-7-11(10)14(12)17/h3-9H,1-2H3. The minimum absolute atomic E-state index is 0.186. The lowest BCUT2D eigenvalue weighted by molar-refractivity contribution is 0.0989. The smallest absolute Gasteiger partial charge is 0.197 e. The van der Waals surface area contributed by atoms with Crippen molar-refractivity contribution in [1.29, 1.82) is 0 Å². The maximum atomic E-state index is 11.9. The molecule has 0 amide bonds. The van der Waals surface area contributed by atoms with Crippen molar-refractivity contribution in [3.63, 3.8) is 0 Å². The summed E-state index contributed by atoms with van der Waals surface area (Å²) in [5.41, 5.74) is 1.24. The molecule has 17 heavy (non-hydrogen) atoms. The van der Waals surface area contributed by atoms with Crippen molar-refractivity contribution in [2.75, 3.05) is 14.1 Å². The van der Waals surface area contributed by atoms with Crippen LogP contribution in [0.1, 0.15) is 20.7 Å². The average molecular weight is 227 g/mol. The second-order valence-corrected chi connectivity index (χ2v) is 4.09. The van der Waals surface area contributed by atoms with E-state index in [9.17, 15) is 9.59 Å². The van der Waals surface area contributed by atoms with E-state index in [0.717, 1.165) is 0 Å². The molecule has 0 aromatic heterocycles. The van der Waals surface area contributed by atoms with E-state index in [1.54, 1.807) is 42.6 Å². The first-order valence-corrected chi connectivity index (χ1v) is 5.34. The van der Waals surface area contributed by atoms with E-state index >= 15 is 0 Å². The number of carbonyl (C=O) groups is 2. The molecule has 0 fully saturated rings. The summed E-state index contributed by atoms with van der Waals surface area (Å²) in [6, 6.07) is 6.91. The molecule has 1 aromatic carbocycles. The van der Waals surface area contributed by atoms with E-state index in [2.05, 4.69) is 0 Å². The zero-order valence-corrected chi connectivity index (χ0v) is 9.81. The van der Waals surface area contributed by atoms with Gasteiger partial charge in [-0.2, -0.15) is 0 Å². The molecule has 0 saturated carbocycles. The lowest BCUT2D eigenvalue weighted by Crippen LogP contribution is -2.01. The molecule has 0 saturated heterocycles. The summed E-state index contributed by atoms with van der Waals surface area (Å²) in [6.45, 7) is 0. The SMILES string of the molecule is CN(C)C=CC=C1C(=O)c2ccccc2C1=O. The molecule has 0 radical (unpaired) electrons. The van der Waals surface area contributed by atoms with Gasteiger partial charge in [-0.05, 0) is 18.4 Å². The topological polar surface area (TPSA) is 37.4 Å². The van der Waals surface area contributed by atoms with Crippen LogP contribution >= 0.6 is 0 Å². The summed E-state index contributed by atoms with van der Waals surface area (Å²) >= 11 is 0. The highest BCUT2D eigenvalue weighted by molar-refractivity contribution is 6.39. The Kier molecular flexibility index (Phi) is 2.91. The summed E-state index contributed by atoms with van der Waals surface area (Å²) < 4.78 is 0. The Balaban J connectivity index is 2.37. The fourth-order valence-electron chi connectivity index (χ4n) is 1.74. The molecule has 0 bridgehead atoms. The van der Waals surface area contributed by atoms with Crippen molar-refractivity contribution in [3.8, 4) is 0 Å². The van der Waals surface area contributed by atoms with Crippen molar-refractivity contribution in [3.05, 3.63) is 59.3 Å². The number of rotatable bonds is 2. The van der Waals surface area contributed by atoms with Crippen LogP contribution in [0.3, 0.4) is 0 Å². The number of fused-ring (bicyclic) bond motifs is 1. The van der Waals surface area contributed by atoms with Gasteiger partial charge in [-0.25, -0.2) is 0 Å². The van der Waals surface area contributed by atoms with Gasteiger partial charge in [-0.1, -0.05) is 24.3 Å². The summed E-state index contributed by atoms with van der Waals surface area (Å²) in [7, 11) is 3.75. The molecule has 0 atom stereocenters. The van der Waals surface area contributed by atoms with Gasteiger partial charge in [0.1, 0.15) is 0 Å². The predicted octanol–water partition coefficient (Wildman–Crippen LogP) is 2.07. The average Bonchev–Trinajstić information content (AvgIpc) is 2.54. The van der Waals surface area contributed by atoms with Crippen LogP contribution in [0.2, 0.25) is 0 Å². The molecule has 2 rings (SSSR count). The second kappa shape index (κ2) is 4.37. The fourth-order valence-corrected chi connectivity index (χ4v) is 1.74. The Morgan fingerprint density at radius 1 is 1.00 bits per heavy atom. The van der Waals surface area contributed by atoms with Crippen LogP contribution in [0.25, 0.3) is 0 Å². The van der Waals surface area contributed by atoms with Crippen molar-refractivity contribution in [2.24, 2.45) is 0 Å². The van der Waals surface area contributed by atoms with Gasteiger partial charge in [-0.3, -0.25) is 9.59 Å². The van der Waals surface area contributed by atoms with Crippen LogP contribution in [0.4, 0.5) is 0 Å². The van der Waals surface area contributed by atoms with Crippen LogP contribution < -0.4 is 0 Å². The monoisotopic (exact) mass is 227 g/mol. The number of ketones is 2. The largest absolute Gasteiger partial charge is 0.383 e. The van der Waals surface area contributed by atoms with Crippen molar-refractivity contribution in [1.82, 2.24) is 4.90 Å². The Bertz CT molecular complexity index is 502. The Morgan fingerprint density at radius 2 is 1.53 bits per heavy atom. The first-order chi connectivity index (χ1) is 8.11. The van der Waals surface area contributed by atoms with E-state index in [-0.39, 0.29) is 17.1 Å². The highest BCUT2D eigenvalue weighted by atomic mass is 16.2. The van der Waals surface area contributed by atoms with Gasteiger partial charge in [0.2, 0.25) is 0 Å². The van der Waals surface area contributed by atoms with Gasteiger partial charge in [0, 0.05) is 25.2 Å². The molecule has 86 valence electrons. The maximum Gasteiger partial charge on any atom is 0.197 e. The maximum absolute atomic E-state index is 11.9. The number of benzene rings is 1. The van der Waals surface area contributed by atoms with Crippen LogP contribution in [0.15, 0.2) is 48.2 Å². The minimum Gasteiger partial charge on any atom is -0.383 e. The number of carbonyl (C=O) groups excluding carboxylic acids is 2. The molecule has 1 aliphatic rings. The molecular formula is C14H13NO2. The molecule has 1 aliphatic carbocycles. The van der Waals surface area contributed by atoms with E-state index in [0.29, 0.717) is 11.1 Å². The summed E-state index contributed by atoms with van der Waals surface area (Å²) in [5, 5.41) is 0. The van der Waals surface area contributed by atoms with Gasteiger partial charge < -0.3 is 4.90 Å². The second-order valence-electron chi connectivity index (χ2n) is 4.09. The van der Waals surface area contributed by atoms with Crippen LogP contribution in [0.5, 0.6) is 0 Å². The first kappa shape index (κ1) is 11.3. The van der Waals surface area contributed by atoms with Crippen molar-refractivity contribution < 1.29 is 9.59 Å². The number of allylic oxidation sites excluding steroid dienone is 3. The zero-order valence-electron chi connectivity index (χ0n) is 9.81. The third kappa shape index (κ3) is 2.04. The van der Waals surface area contributed by atoms with Crippen molar-refractivity contribution in [2.45, 2.75) is 0 Å². The predicted molar refractivity (Wildman–Crippen MR) is 66.0 cm³/mol. The Hall–Kier alpha value is -2.16. The normalized spacial score (nSPS) is 14.4. The first-order valence-electron chi connectivity index (χ1n) is 5.34. The highest BCUT2D eigenvalue weighted by Crippen LogP contribution is 2.25. The van der Waals surface area contributed by atoms with Crippen LogP contribution in [-0.2, 0) is 0 Å². The number of hydrogen-bond acceptors (Lipinski definition) is 3. The van der Waals surface area contributed by atoms with Gasteiger partial charge in [0.25, 0.3) is 0 Å². The van der Waals surface area contributed by atoms with Gasteiger partial charge in [-0.15, -0.1) is 0 Å². The summed E-state index contributed by atoms with van der Waals surface area (Å²) in [5.74, 6) is -0.372. The third-order valence-electron chi connectivity index (χ3n) is 2.55. The quantitative estimate of drug-likeness (QED) is 0.573. The Labute approximate surface area is 100 Å². The molecule has 0 aliphatic heterocycles. The van der Waals surface area contributed by atoms with E-state index in [1.807, 2.05) is 19.0 Å².